The molecule has 0 atom stereocenters. The van der Waals surface area contributed by atoms with Crippen molar-refractivity contribution in [3.63, 3.8) is 0 Å². The van der Waals surface area contributed by atoms with E-state index in [0.717, 1.165) is 19.3 Å². The fraction of sp³-hybridized carbons (Fsp3) is 0.273. The van der Waals surface area contributed by atoms with Crippen LogP contribution >= 0.6 is 0 Å². The lowest BCUT2D eigenvalue weighted by molar-refractivity contribution is 1.05. The van der Waals surface area contributed by atoms with E-state index in [1.54, 1.807) is 0 Å². The fourth-order valence-corrected chi connectivity index (χ4v) is 0.935. The maximum absolute atomic E-state index is 2.20. The highest BCUT2D eigenvalue weighted by Crippen LogP contribution is 1.96. The molecule has 0 fully saturated rings. The van der Waals surface area contributed by atoms with Crippen molar-refractivity contribution in [3.8, 4) is 0 Å². The van der Waals surface area contributed by atoms with Gasteiger partial charge in [0.15, 0.2) is 0 Å². The predicted molar refractivity (Wildman–Crippen MR) is 50.4 cm³/mol. The molecule has 0 radical (unpaired) electrons. The van der Waals surface area contributed by atoms with E-state index in [4.69, 9.17) is 0 Å². The monoisotopic (exact) mass is 146 g/mol. The second-order valence-corrected chi connectivity index (χ2v) is 2.53. The Morgan fingerprint density at radius 2 is 1.00 bits per heavy atom. The van der Waals surface area contributed by atoms with Crippen molar-refractivity contribution in [2.24, 2.45) is 0 Å². The van der Waals surface area contributed by atoms with Crippen molar-refractivity contribution in [1.29, 1.82) is 0 Å². The first-order chi connectivity index (χ1) is 5.50. The van der Waals surface area contributed by atoms with E-state index in [-0.39, 0.29) is 0 Å². The van der Waals surface area contributed by atoms with Crippen LogP contribution in [-0.2, 0) is 0 Å². The van der Waals surface area contributed by atoms with Gasteiger partial charge in [0.2, 0.25) is 0 Å². The van der Waals surface area contributed by atoms with Crippen LogP contribution in [0.1, 0.15) is 19.3 Å². The van der Waals surface area contributed by atoms with Gasteiger partial charge >= 0.3 is 0 Å². The molecular weight excluding hydrogens is 132 g/mol. The molecular formula is C11H14. The second kappa shape index (κ2) is 5.72. The van der Waals surface area contributed by atoms with Crippen molar-refractivity contribution in [1.82, 2.24) is 0 Å². The number of allylic oxidation sites excluding steroid dienone is 8. The Morgan fingerprint density at radius 1 is 0.545 bits per heavy atom. The Kier molecular flexibility index (Phi) is 4.19. The van der Waals surface area contributed by atoms with E-state index in [2.05, 4.69) is 48.6 Å². The summed E-state index contributed by atoms with van der Waals surface area (Å²) in [7, 11) is 0. The highest BCUT2D eigenvalue weighted by atomic mass is 13.8. The highest BCUT2D eigenvalue weighted by molar-refractivity contribution is 5.10. The van der Waals surface area contributed by atoms with Crippen LogP contribution in [0.4, 0.5) is 0 Å². The van der Waals surface area contributed by atoms with Gasteiger partial charge in [-0.05, 0) is 19.3 Å². The van der Waals surface area contributed by atoms with E-state index in [0.29, 0.717) is 0 Å². The van der Waals surface area contributed by atoms with Crippen LogP contribution in [-0.4, -0.2) is 0 Å². The Balaban J connectivity index is 2.47. The normalized spacial score (nSPS) is 29.8. The van der Waals surface area contributed by atoms with Crippen molar-refractivity contribution in [2.45, 2.75) is 19.3 Å². The predicted octanol–water partition coefficient (Wildman–Crippen LogP) is 3.40. The Morgan fingerprint density at radius 3 is 1.55 bits per heavy atom. The third kappa shape index (κ3) is 4.38. The molecule has 0 unspecified atom stereocenters. The summed E-state index contributed by atoms with van der Waals surface area (Å²) in [5, 5.41) is 0. The van der Waals surface area contributed by atoms with Gasteiger partial charge in [-0.2, -0.15) is 0 Å². The van der Waals surface area contributed by atoms with E-state index in [1.165, 1.54) is 0 Å². The number of hydrogen-bond acceptors (Lipinski definition) is 0. The van der Waals surface area contributed by atoms with E-state index >= 15 is 0 Å². The SMILES string of the molecule is C1=C\C/C=C\C=C\CC/C=C/1. The van der Waals surface area contributed by atoms with Gasteiger partial charge in [-0.1, -0.05) is 48.6 Å². The number of rotatable bonds is 0. The lowest BCUT2D eigenvalue weighted by Gasteiger charge is -1.82. The molecule has 0 aromatic heterocycles. The zero-order valence-electron chi connectivity index (χ0n) is 6.74. The first-order valence-electron chi connectivity index (χ1n) is 4.13. The average Bonchev–Trinajstić information content (AvgIpc) is 2.08. The van der Waals surface area contributed by atoms with Crippen molar-refractivity contribution in [2.75, 3.05) is 0 Å². The largest absolute Gasteiger partial charge is 0.0842 e. The van der Waals surface area contributed by atoms with Crippen LogP contribution in [0.5, 0.6) is 0 Å². The first kappa shape index (κ1) is 8.06. The van der Waals surface area contributed by atoms with Crippen molar-refractivity contribution in [3.05, 3.63) is 48.6 Å². The molecule has 0 saturated heterocycles. The van der Waals surface area contributed by atoms with Crippen LogP contribution in [0, 0.1) is 0 Å². The van der Waals surface area contributed by atoms with Crippen LogP contribution in [0.15, 0.2) is 48.6 Å². The molecule has 0 aromatic rings. The maximum Gasteiger partial charge on any atom is -0.0163 e. The summed E-state index contributed by atoms with van der Waals surface area (Å²) >= 11 is 0. The zero-order chi connectivity index (χ0) is 7.78. The standard InChI is InChI=1S/C11H14/c1-2-4-6-8-10-11-9-7-5-3-1/h1-4,7,9-11H,5-6,8H2/b3-1-,4-2+,9-7-,11-10+. The third-order valence-corrected chi connectivity index (χ3v) is 1.54. The smallest absolute Gasteiger partial charge is 0.0163 e. The topological polar surface area (TPSA) is 0 Å². The van der Waals surface area contributed by atoms with Crippen LogP contribution in [0.25, 0.3) is 0 Å². The van der Waals surface area contributed by atoms with Gasteiger partial charge in [0.1, 0.15) is 0 Å². The molecule has 0 saturated carbocycles. The zero-order valence-corrected chi connectivity index (χ0v) is 6.74. The molecule has 0 amide bonds. The van der Waals surface area contributed by atoms with E-state index in [1.807, 2.05) is 0 Å². The van der Waals surface area contributed by atoms with E-state index in [9.17, 15) is 0 Å². The molecule has 1 aliphatic carbocycles. The summed E-state index contributed by atoms with van der Waals surface area (Å²) in [4.78, 5) is 0. The van der Waals surface area contributed by atoms with Gasteiger partial charge in [-0.25, -0.2) is 0 Å². The molecule has 0 bridgehead atoms. The quantitative estimate of drug-likeness (QED) is 0.491. The molecule has 0 aromatic carbocycles. The van der Waals surface area contributed by atoms with Gasteiger partial charge in [-0.3, -0.25) is 0 Å². The molecule has 0 aliphatic heterocycles. The summed E-state index contributed by atoms with van der Waals surface area (Å²) in [6.07, 6.45) is 20.5. The maximum atomic E-state index is 2.20. The van der Waals surface area contributed by atoms with Gasteiger partial charge in [0.25, 0.3) is 0 Å². The lowest BCUT2D eigenvalue weighted by atomic mass is 10.2. The summed E-state index contributed by atoms with van der Waals surface area (Å²) in [5.74, 6) is 0. The molecule has 1 rings (SSSR count). The van der Waals surface area contributed by atoms with Crippen molar-refractivity contribution >= 4 is 0 Å². The van der Waals surface area contributed by atoms with Crippen LogP contribution in [0.3, 0.4) is 0 Å². The molecule has 0 spiro atoms. The molecule has 0 N–H and O–H groups in total. The molecule has 1 aliphatic rings. The first-order valence-corrected chi connectivity index (χ1v) is 4.13. The van der Waals surface area contributed by atoms with E-state index < -0.39 is 0 Å². The van der Waals surface area contributed by atoms with Gasteiger partial charge in [0.05, 0.1) is 0 Å². The second-order valence-electron chi connectivity index (χ2n) is 2.53. The summed E-state index contributed by atoms with van der Waals surface area (Å²) in [6.45, 7) is 0. The summed E-state index contributed by atoms with van der Waals surface area (Å²) in [5.41, 5.74) is 0. The molecule has 11 heavy (non-hydrogen) atoms. The minimum absolute atomic E-state index is 1.04. The molecule has 0 heteroatoms. The summed E-state index contributed by atoms with van der Waals surface area (Å²) < 4.78 is 0. The van der Waals surface area contributed by atoms with Crippen molar-refractivity contribution < 1.29 is 0 Å². The molecule has 58 valence electrons. The molecule has 0 heterocycles. The van der Waals surface area contributed by atoms with Gasteiger partial charge in [-0.15, -0.1) is 0 Å². The fourth-order valence-electron chi connectivity index (χ4n) is 0.935. The Hall–Kier alpha value is -1.04. The Bertz CT molecular complexity index is 170. The van der Waals surface area contributed by atoms with Crippen LogP contribution < -0.4 is 0 Å². The Labute approximate surface area is 68.6 Å². The average molecular weight is 146 g/mol. The molecule has 0 nitrogen and oxygen atoms in total. The lowest BCUT2D eigenvalue weighted by Crippen LogP contribution is -1.61. The van der Waals surface area contributed by atoms with Gasteiger partial charge in [0, 0.05) is 0 Å². The van der Waals surface area contributed by atoms with Gasteiger partial charge < -0.3 is 0 Å². The van der Waals surface area contributed by atoms with Crippen LogP contribution in [0.2, 0.25) is 0 Å². The highest BCUT2D eigenvalue weighted by Gasteiger charge is 1.76. The minimum atomic E-state index is 1.04. The number of hydrogen-bond donors (Lipinski definition) is 0. The third-order valence-electron chi connectivity index (χ3n) is 1.54. The minimum Gasteiger partial charge on any atom is -0.0842 e. The summed E-state index contributed by atoms with van der Waals surface area (Å²) in [6, 6.07) is 0.